The number of pyridine rings is 1. The fourth-order valence-electron chi connectivity index (χ4n) is 8.87. The number of phenols is 1. The number of nitrogens with zero attached hydrogens (tertiary/aromatic N) is 6. The number of halogens is 3. The SMILES string of the molecule is CCc1c(F)ccc2cc(O)cc(-c3ncc4c(N5CC[C@H]6[C@@H](C5)[C@H]6C(=O)N(C)C(C)=O)nc(OC[C@@]56CCCN5C[C@H](F)C6)nc4c3F)c12. The molecule has 0 radical (unpaired) electrons. The number of hydrogen-bond acceptors (Lipinski definition) is 9. The van der Waals surface area contributed by atoms with Crippen LogP contribution in [0.25, 0.3) is 32.9 Å². The third-order valence-corrected chi connectivity index (χ3v) is 11.5. The predicted octanol–water partition coefficient (Wildman–Crippen LogP) is 5.42. The van der Waals surface area contributed by atoms with E-state index in [9.17, 15) is 19.1 Å². The maximum Gasteiger partial charge on any atom is 0.319 e. The highest BCUT2D eigenvalue weighted by atomic mass is 19.1. The van der Waals surface area contributed by atoms with Crippen LogP contribution in [0.5, 0.6) is 11.8 Å². The van der Waals surface area contributed by atoms with Crippen molar-refractivity contribution in [2.45, 2.75) is 57.7 Å². The first-order valence-electron chi connectivity index (χ1n) is 17.4. The standard InChI is InChI=1S/C37H39F3N6O4/c1-4-23-28(39)7-6-20-12-22(48)13-25(29(20)23)32-31(40)33-26(15-41-32)34(45-11-8-24-27(17-45)30(24)35(49)44(3)19(2)47)43-36(42-33)50-18-37-9-5-10-46(37)16-21(38)14-37/h6-7,12-13,15,21,24,27,30,48H,4-5,8-11,14,16-18H2,1-3H3/t21-,24+,27-,30+,37+/m1/s1. The van der Waals surface area contributed by atoms with Crippen LogP contribution in [0.15, 0.2) is 30.5 Å². The molecule has 0 spiro atoms. The summed E-state index contributed by atoms with van der Waals surface area (Å²) >= 11 is 0. The van der Waals surface area contributed by atoms with Crippen LogP contribution in [0.4, 0.5) is 19.0 Å². The van der Waals surface area contributed by atoms with Gasteiger partial charge >= 0.3 is 6.01 Å². The van der Waals surface area contributed by atoms with Crippen LogP contribution < -0.4 is 9.64 Å². The number of phenolic OH excluding ortho intramolecular Hbond substituents is 1. The zero-order chi connectivity index (χ0) is 35.1. The molecule has 5 heterocycles. The normalized spacial score (nSPS) is 25.9. The Morgan fingerprint density at radius 1 is 1.14 bits per heavy atom. The second-order valence-corrected chi connectivity index (χ2v) is 14.4. The molecule has 3 saturated heterocycles. The Hall–Kier alpha value is -4.52. The number of piperidine rings is 1. The number of ether oxygens (including phenoxy) is 1. The van der Waals surface area contributed by atoms with E-state index in [-0.39, 0.29) is 64.7 Å². The number of imide groups is 1. The highest BCUT2D eigenvalue weighted by molar-refractivity contribution is 6.02. The van der Waals surface area contributed by atoms with Gasteiger partial charge in [0.05, 0.1) is 10.9 Å². The molecule has 13 heteroatoms. The molecule has 4 aliphatic rings. The lowest BCUT2D eigenvalue weighted by molar-refractivity contribution is -0.143. The Morgan fingerprint density at radius 3 is 2.74 bits per heavy atom. The van der Waals surface area contributed by atoms with E-state index in [1.165, 1.54) is 38.4 Å². The number of benzene rings is 2. The minimum Gasteiger partial charge on any atom is -0.508 e. The van der Waals surface area contributed by atoms with Crippen molar-refractivity contribution in [3.63, 3.8) is 0 Å². The lowest BCUT2D eigenvalue weighted by Crippen LogP contribution is -2.43. The average molecular weight is 689 g/mol. The zero-order valence-corrected chi connectivity index (χ0v) is 28.3. The van der Waals surface area contributed by atoms with Gasteiger partial charge in [-0.2, -0.15) is 9.97 Å². The van der Waals surface area contributed by atoms with Gasteiger partial charge in [-0.1, -0.05) is 13.0 Å². The first-order chi connectivity index (χ1) is 24.0. The van der Waals surface area contributed by atoms with Crippen molar-refractivity contribution in [3.8, 4) is 23.0 Å². The highest BCUT2D eigenvalue weighted by Gasteiger charge is 2.58. The van der Waals surface area contributed by atoms with Gasteiger partial charge in [-0.25, -0.2) is 13.2 Å². The van der Waals surface area contributed by atoms with Gasteiger partial charge in [0.25, 0.3) is 0 Å². The van der Waals surface area contributed by atoms with Crippen molar-refractivity contribution in [1.82, 2.24) is 24.8 Å². The zero-order valence-electron chi connectivity index (χ0n) is 28.3. The second-order valence-electron chi connectivity index (χ2n) is 14.4. The van der Waals surface area contributed by atoms with Crippen LogP contribution in [0.2, 0.25) is 0 Å². The molecule has 1 aliphatic carbocycles. The van der Waals surface area contributed by atoms with Crippen LogP contribution in [0.3, 0.4) is 0 Å². The largest absolute Gasteiger partial charge is 0.508 e. The molecule has 0 unspecified atom stereocenters. The van der Waals surface area contributed by atoms with Crippen molar-refractivity contribution in [1.29, 1.82) is 0 Å². The third kappa shape index (κ3) is 5.23. The smallest absolute Gasteiger partial charge is 0.319 e. The number of aryl methyl sites for hydroxylation is 1. The van der Waals surface area contributed by atoms with E-state index in [4.69, 9.17) is 9.72 Å². The first-order valence-corrected chi connectivity index (χ1v) is 17.4. The molecule has 3 aliphatic heterocycles. The Bertz CT molecular complexity index is 2060. The lowest BCUT2D eigenvalue weighted by atomic mass is 9.94. The summed E-state index contributed by atoms with van der Waals surface area (Å²) in [5.41, 5.74) is -0.0401. The summed E-state index contributed by atoms with van der Waals surface area (Å²) in [6.07, 6.45) is 3.59. The maximum atomic E-state index is 17.0. The Labute approximate surface area is 287 Å². The van der Waals surface area contributed by atoms with Gasteiger partial charge in [-0.05, 0) is 78.6 Å². The van der Waals surface area contributed by atoms with Crippen LogP contribution in [-0.2, 0) is 16.0 Å². The van der Waals surface area contributed by atoms with Gasteiger partial charge in [-0.3, -0.25) is 24.4 Å². The van der Waals surface area contributed by atoms with Crippen LogP contribution >= 0.6 is 0 Å². The number of carbonyl (C=O) groups is 2. The van der Waals surface area contributed by atoms with E-state index in [0.717, 1.165) is 24.3 Å². The summed E-state index contributed by atoms with van der Waals surface area (Å²) in [4.78, 5) is 44.1. The monoisotopic (exact) mass is 688 g/mol. The van der Waals surface area contributed by atoms with Gasteiger partial charge in [0, 0.05) is 57.7 Å². The quantitative estimate of drug-likeness (QED) is 0.272. The molecular formula is C37H39F3N6O4. The van der Waals surface area contributed by atoms with Crippen molar-refractivity contribution in [3.05, 3.63) is 47.7 Å². The van der Waals surface area contributed by atoms with Crippen LogP contribution in [0, 0.1) is 29.4 Å². The molecule has 10 nitrogen and oxygen atoms in total. The number of carbonyl (C=O) groups excluding carboxylic acids is 2. The van der Waals surface area contributed by atoms with E-state index in [1.807, 2.05) is 11.8 Å². The summed E-state index contributed by atoms with van der Waals surface area (Å²) in [5.74, 6) is -1.60. The molecule has 1 N–H and O–H groups in total. The minimum atomic E-state index is -0.953. The van der Waals surface area contributed by atoms with Crippen molar-refractivity contribution in [2.24, 2.45) is 17.8 Å². The number of aromatic nitrogens is 3. The fraction of sp³-hybridized carbons (Fsp3) is 0.486. The molecule has 2 amide bonds. The van der Waals surface area contributed by atoms with Gasteiger partial charge in [0.1, 0.15) is 41.4 Å². The van der Waals surface area contributed by atoms with E-state index >= 15 is 8.78 Å². The fourth-order valence-corrected chi connectivity index (χ4v) is 8.87. The summed E-state index contributed by atoms with van der Waals surface area (Å²) in [7, 11) is 1.49. The Kier molecular flexibility index (Phi) is 7.88. The molecule has 4 aromatic rings. The van der Waals surface area contributed by atoms with E-state index in [0.29, 0.717) is 66.4 Å². The van der Waals surface area contributed by atoms with Gasteiger partial charge < -0.3 is 14.7 Å². The van der Waals surface area contributed by atoms with Gasteiger partial charge in [0.2, 0.25) is 11.8 Å². The maximum absolute atomic E-state index is 17.0. The highest BCUT2D eigenvalue weighted by Crippen LogP contribution is 2.53. The molecule has 5 atom stereocenters. The second kappa shape index (κ2) is 12.1. The minimum absolute atomic E-state index is 0.00329. The van der Waals surface area contributed by atoms with Crippen LogP contribution in [0.1, 0.15) is 45.1 Å². The molecule has 2 aromatic carbocycles. The number of rotatable bonds is 7. The number of anilines is 1. The first kappa shape index (κ1) is 32.7. The van der Waals surface area contributed by atoms with E-state index in [1.54, 1.807) is 6.07 Å². The summed E-state index contributed by atoms with van der Waals surface area (Å²) in [6, 6.07) is 5.70. The molecule has 1 saturated carbocycles. The Morgan fingerprint density at radius 2 is 1.96 bits per heavy atom. The van der Waals surface area contributed by atoms with Crippen molar-refractivity contribution < 1.29 is 32.6 Å². The average Bonchev–Trinajstić information content (AvgIpc) is 3.56. The lowest BCUT2D eigenvalue weighted by Gasteiger charge is -2.31. The number of hydrogen-bond donors (Lipinski definition) is 1. The summed E-state index contributed by atoms with van der Waals surface area (Å²) < 4.78 is 52.8. The molecule has 262 valence electrons. The number of alkyl halides is 1. The Balaban J connectivity index is 1.22. The molecule has 2 aromatic heterocycles. The van der Waals surface area contributed by atoms with E-state index in [2.05, 4.69) is 14.9 Å². The van der Waals surface area contributed by atoms with Gasteiger partial charge in [-0.15, -0.1) is 0 Å². The number of aromatic hydroxyl groups is 1. The molecule has 0 bridgehead atoms. The summed E-state index contributed by atoms with van der Waals surface area (Å²) in [6.45, 7) is 5.44. The molecule has 8 rings (SSSR count). The molecule has 50 heavy (non-hydrogen) atoms. The van der Waals surface area contributed by atoms with Crippen molar-refractivity contribution >= 4 is 39.3 Å². The predicted molar refractivity (Wildman–Crippen MR) is 181 cm³/mol. The number of amides is 2. The van der Waals surface area contributed by atoms with E-state index < -0.39 is 23.3 Å². The molecule has 4 fully saturated rings. The summed E-state index contributed by atoms with van der Waals surface area (Å²) in [5, 5.41) is 11.9. The molecular weight excluding hydrogens is 649 g/mol. The number of fused-ring (bicyclic) bond motifs is 4. The third-order valence-electron chi connectivity index (χ3n) is 11.5. The van der Waals surface area contributed by atoms with Crippen molar-refractivity contribution in [2.75, 3.05) is 44.7 Å². The van der Waals surface area contributed by atoms with Crippen LogP contribution in [-0.4, -0.2) is 93.2 Å². The topological polar surface area (TPSA) is 112 Å². The van der Waals surface area contributed by atoms with Gasteiger partial charge in [0.15, 0.2) is 5.82 Å².